The highest BCUT2D eigenvalue weighted by atomic mass is 31.1. The van der Waals surface area contributed by atoms with Gasteiger partial charge in [-0.25, -0.2) is 19.0 Å². The van der Waals surface area contributed by atoms with Gasteiger partial charge in [0.05, 0.1) is 18.5 Å². The van der Waals surface area contributed by atoms with Gasteiger partial charge < -0.3 is 20.7 Å². The van der Waals surface area contributed by atoms with Gasteiger partial charge in [-0.2, -0.15) is 5.10 Å². The molecule has 10 nitrogen and oxygen atoms in total. The molecule has 2 aromatic heterocycles. The average molecular weight is 327 g/mol. The molecule has 0 bridgehead atoms. The number of nitrogens with two attached hydrogens (primary N) is 1. The van der Waals surface area contributed by atoms with E-state index in [0.717, 1.165) is 0 Å². The normalized spacial score (nSPS) is 32.0. The van der Waals surface area contributed by atoms with Crippen LogP contribution >= 0.6 is 8.69 Å². The maximum atomic E-state index is 10.6. The number of nitrogen functional groups attached to an aromatic ring is 1. The van der Waals surface area contributed by atoms with Crippen LogP contribution in [-0.2, 0) is 13.8 Å². The molecule has 4 atom stereocenters. The van der Waals surface area contributed by atoms with E-state index in [0.29, 0.717) is 11.3 Å². The molecule has 0 aromatic carbocycles. The maximum Gasteiger partial charge on any atom is 0.327 e. The Kier molecular flexibility index (Phi) is 3.79. The van der Waals surface area contributed by atoms with Crippen LogP contribution in [0.2, 0.25) is 0 Å². The summed E-state index contributed by atoms with van der Waals surface area (Å²) >= 11 is 0. The lowest BCUT2D eigenvalue weighted by Crippen LogP contribution is -2.43. The fourth-order valence-corrected chi connectivity index (χ4v) is 2.76. The topological polar surface area (TPSA) is 145 Å². The summed E-state index contributed by atoms with van der Waals surface area (Å²) < 4.78 is 22.1. The summed E-state index contributed by atoms with van der Waals surface area (Å²) in [6.45, 7) is 1.30. The highest BCUT2D eigenvalue weighted by molar-refractivity contribution is 7.17. The first kappa shape index (κ1) is 15.2. The van der Waals surface area contributed by atoms with Crippen LogP contribution in [0, 0.1) is 0 Å². The molecule has 3 rings (SSSR count). The van der Waals surface area contributed by atoms with Crippen LogP contribution in [-0.4, -0.2) is 54.2 Å². The molecule has 4 N–H and O–H groups in total. The van der Waals surface area contributed by atoms with Crippen LogP contribution in [0.1, 0.15) is 18.7 Å². The van der Waals surface area contributed by atoms with Crippen LogP contribution in [0.4, 0.5) is 5.82 Å². The van der Waals surface area contributed by atoms with Gasteiger partial charge in [0.25, 0.3) is 0 Å². The predicted molar refractivity (Wildman–Crippen MR) is 73.0 cm³/mol. The van der Waals surface area contributed by atoms with E-state index in [4.69, 9.17) is 15.0 Å². The summed E-state index contributed by atoms with van der Waals surface area (Å²) in [6.07, 6.45) is -0.287. The molecule has 1 aliphatic rings. The van der Waals surface area contributed by atoms with Gasteiger partial charge in [0, 0.05) is 0 Å². The molecule has 0 radical (unpaired) electrons. The first-order chi connectivity index (χ1) is 10.5. The molecule has 3 heterocycles. The summed E-state index contributed by atoms with van der Waals surface area (Å²) in [4.78, 5) is 7.93. The lowest BCUT2D eigenvalue weighted by Gasteiger charge is -2.25. The Balaban J connectivity index is 1.99. The van der Waals surface area contributed by atoms with Crippen molar-refractivity contribution in [1.82, 2.24) is 19.6 Å². The minimum atomic E-state index is -1.61. The number of aliphatic hydroxyl groups excluding tert-OH is 1. The van der Waals surface area contributed by atoms with Crippen LogP contribution in [0.25, 0.3) is 5.65 Å². The van der Waals surface area contributed by atoms with Crippen molar-refractivity contribution in [2.75, 3.05) is 12.3 Å². The van der Waals surface area contributed by atoms with E-state index >= 15 is 0 Å². The van der Waals surface area contributed by atoms with Crippen LogP contribution in [0.15, 0.2) is 12.5 Å². The van der Waals surface area contributed by atoms with Gasteiger partial charge >= 0.3 is 8.69 Å². The van der Waals surface area contributed by atoms with E-state index < -0.39 is 32.6 Å². The quantitative estimate of drug-likeness (QED) is 0.631. The molecule has 2 aromatic rings. The Labute approximate surface area is 126 Å². The summed E-state index contributed by atoms with van der Waals surface area (Å²) in [7, 11) is -0.529. The molecular formula is C11H14N5O5P. The Bertz CT molecular complexity index is 707. The standard InChI is InChI=1S/C11H14N5O5P/c1-11(18)7(17)6(3-20-22-19)21-8(11)5-2-13-10-9(12)14-4-15-16(5)10/h2,4,6-8,17-18H,3H2,1H3,(H2,12,14,15)/t6-,7-,8+,11-/m1/s1. The zero-order valence-corrected chi connectivity index (χ0v) is 12.4. The molecule has 0 spiro atoms. The zero-order valence-electron chi connectivity index (χ0n) is 11.5. The van der Waals surface area contributed by atoms with Gasteiger partial charge in [0.2, 0.25) is 0 Å². The smallest absolute Gasteiger partial charge is 0.327 e. The largest absolute Gasteiger partial charge is 0.387 e. The third kappa shape index (κ3) is 2.25. The number of hydrogen-bond acceptors (Lipinski definition) is 9. The Morgan fingerprint density at radius 3 is 3.09 bits per heavy atom. The number of ether oxygens (including phenoxy) is 1. The zero-order chi connectivity index (χ0) is 15.9. The average Bonchev–Trinajstić information content (AvgIpc) is 3.00. The maximum absolute atomic E-state index is 10.6. The lowest BCUT2D eigenvalue weighted by atomic mass is 9.91. The van der Waals surface area contributed by atoms with Gasteiger partial charge in [0.1, 0.15) is 30.2 Å². The molecule has 1 aliphatic heterocycles. The number of imidazole rings is 1. The van der Waals surface area contributed by atoms with Gasteiger partial charge in [-0.1, -0.05) is 0 Å². The second-order valence-electron chi connectivity index (χ2n) is 5.16. The third-order valence-corrected chi connectivity index (χ3v) is 3.96. The van der Waals surface area contributed by atoms with Crippen LogP contribution < -0.4 is 5.73 Å². The fraction of sp³-hybridized carbons (Fsp3) is 0.545. The Morgan fingerprint density at radius 1 is 1.59 bits per heavy atom. The lowest BCUT2D eigenvalue weighted by molar-refractivity contribution is -0.0665. The van der Waals surface area contributed by atoms with Crippen molar-refractivity contribution in [2.24, 2.45) is 0 Å². The van der Waals surface area contributed by atoms with Crippen molar-refractivity contribution >= 4 is 20.2 Å². The molecule has 118 valence electrons. The van der Waals surface area contributed by atoms with E-state index in [1.165, 1.54) is 24.0 Å². The second kappa shape index (κ2) is 5.49. The monoisotopic (exact) mass is 327 g/mol. The van der Waals surface area contributed by atoms with Gasteiger partial charge in [-0.15, -0.1) is 0 Å². The first-order valence-electron chi connectivity index (χ1n) is 6.41. The van der Waals surface area contributed by atoms with Crippen LogP contribution in [0.5, 0.6) is 0 Å². The summed E-state index contributed by atoms with van der Waals surface area (Å²) in [5.41, 5.74) is 4.84. The van der Waals surface area contributed by atoms with Crippen molar-refractivity contribution in [3.8, 4) is 0 Å². The van der Waals surface area contributed by atoms with Gasteiger partial charge in [0.15, 0.2) is 11.5 Å². The predicted octanol–water partition coefficient (Wildman–Crippen LogP) is -0.518. The van der Waals surface area contributed by atoms with Crippen molar-refractivity contribution in [2.45, 2.75) is 30.8 Å². The minimum Gasteiger partial charge on any atom is -0.387 e. The van der Waals surface area contributed by atoms with Crippen molar-refractivity contribution in [3.05, 3.63) is 18.2 Å². The summed E-state index contributed by atoms with van der Waals surface area (Å²) in [5.74, 6) is 0.185. The van der Waals surface area contributed by atoms with Gasteiger partial charge in [-0.3, -0.25) is 4.52 Å². The van der Waals surface area contributed by atoms with E-state index in [1.54, 1.807) is 0 Å². The van der Waals surface area contributed by atoms with Crippen molar-refractivity contribution in [3.63, 3.8) is 0 Å². The molecule has 11 heteroatoms. The number of nitrogens with zero attached hydrogens (tertiary/aromatic N) is 4. The molecule has 0 unspecified atom stereocenters. The molecule has 1 saturated heterocycles. The first-order valence-corrected chi connectivity index (χ1v) is 7.14. The SMILES string of the molecule is C[C@@]1(O)[C@H](O)[C@@H](COP=O)O[C@H]1c1cnc2c(N)ncnn12. The van der Waals surface area contributed by atoms with E-state index in [2.05, 4.69) is 15.1 Å². The summed E-state index contributed by atoms with van der Waals surface area (Å²) in [6, 6.07) is 0. The van der Waals surface area contributed by atoms with Crippen molar-refractivity contribution < 1.29 is 24.0 Å². The number of hydrogen-bond donors (Lipinski definition) is 3. The number of aliphatic hydroxyl groups is 2. The number of anilines is 1. The fourth-order valence-electron chi connectivity index (χ4n) is 2.55. The Hall–Kier alpha value is -1.71. The van der Waals surface area contributed by atoms with E-state index in [1.807, 2.05) is 0 Å². The number of fused-ring (bicyclic) bond motifs is 1. The van der Waals surface area contributed by atoms with E-state index in [-0.39, 0.29) is 12.4 Å². The molecule has 0 saturated carbocycles. The number of aromatic nitrogens is 4. The molecular weight excluding hydrogens is 313 g/mol. The third-order valence-electron chi connectivity index (χ3n) is 3.71. The molecule has 0 amide bonds. The number of rotatable bonds is 4. The molecule has 22 heavy (non-hydrogen) atoms. The molecule has 1 fully saturated rings. The van der Waals surface area contributed by atoms with Gasteiger partial charge in [-0.05, 0) is 6.92 Å². The summed E-state index contributed by atoms with van der Waals surface area (Å²) in [5, 5.41) is 24.8. The van der Waals surface area contributed by atoms with Crippen LogP contribution in [0.3, 0.4) is 0 Å². The van der Waals surface area contributed by atoms with Crippen molar-refractivity contribution in [1.29, 1.82) is 0 Å². The molecule has 0 aliphatic carbocycles. The highest BCUT2D eigenvalue weighted by Crippen LogP contribution is 2.41. The Morgan fingerprint density at radius 2 is 2.36 bits per heavy atom. The highest BCUT2D eigenvalue weighted by Gasteiger charge is 2.53. The second-order valence-corrected chi connectivity index (χ2v) is 5.57. The minimum absolute atomic E-state index is 0.132. The van der Waals surface area contributed by atoms with E-state index in [9.17, 15) is 14.8 Å².